The number of rotatable bonds is 4. The van der Waals surface area contributed by atoms with Crippen molar-refractivity contribution in [2.24, 2.45) is 0 Å². The van der Waals surface area contributed by atoms with Gasteiger partial charge in [0.25, 0.3) is 11.6 Å². The third-order valence-corrected chi connectivity index (χ3v) is 2.78. The van der Waals surface area contributed by atoms with Gasteiger partial charge in [-0.3, -0.25) is 14.9 Å². The molecule has 0 aliphatic rings. The third kappa shape index (κ3) is 3.26. The minimum atomic E-state index is -0.499. The van der Waals surface area contributed by atoms with Crippen LogP contribution in [0.1, 0.15) is 15.9 Å². The molecule has 5 nitrogen and oxygen atoms in total. The van der Waals surface area contributed by atoms with E-state index in [0.29, 0.717) is 17.4 Å². The van der Waals surface area contributed by atoms with Gasteiger partial charge in [-0.2, -0.15) is 0 Å². The van der Waals surface area contributed by atoms with E-state index >= 15 is 0 Å². The second-order valence-electron chi connectivity index (χ2n) is 3.67. The maximum Gasteiger partial charge on any atom is 0.270 e. The zero-order valence-corrected chi connectivity index (χ0v) is 11.2. The molecule has 0 N–H and O–H groups in total. The van der Waals surface area contributed by atoms with Gasteiger partial charge in [0.15, 0.2) is 0 Å². The zero-order chi connectivity index (χ0) is 13.0. The lowest BCUT2D eigenvalue weighted by molar-refractivity contribution is -0.384. The molecule has 1 rings (SSSR count). The lowest BCUT2D eigenvalue weighted by Crippen LogP contribution is -2.29. The first kappa shape index (κ1) is 13.6. The highest BCUT2D eigenvalue weighted by Gasteiger charge is 2.17. The summed E-state index contributed by atoms with van der Waals surface area (Å²) in [7, 11) is 1.67. The van der Waals surface area contributed by atoms with Crippen molar-refractivity contribution in [1.82, 2.24) is 4.90 Å². The van der Waals surface area contributed by atoms with E-state index in [9.17, 15) is 14.9 Å². The first-order chi connectivity index (χ1) is 7.97. The van der Waals surface area contributed by atoms with Crippen molar-refractivity contribution in [1.29, 1.82) is 0 Å². The minimum Gasteiger partial charge on any atom is -0.341 e. The summed E-state index contributed by atoms with van der Waals surface area (Å²) in [4.78, 5) is 23.7. The number of alkyl halides is 1. The van der Waals surface area contributed by atoms with E-state index in [1.54, 1.807) is 20.0 Å². The van der Waals surface area contributed by atoms with Gasteiger partial charge in [0.2, 0.25) is 0 Å². The van der Waals surface area contributed by atoms with E-state index in [2.05, 4.69) is 15.9 Å². The lowest BCUT2D eigenvalue weighted by atomic mass is 10.1. The number of nitro benzene ring substituents is 1. The molecule has 0 unspecified atom stereocenters. The van der Waals surface area contributed by atoms with Gasteiger partial charge >= 0.3 is 0 Å². The van der Waals surface area contributed by atoms with Gasteiger partial charge in [-0.15, -0.1) is 0 Å². The molecule has 1 aromatic carbocycles. The molecule has 1 amide bonds. The number of hydrogen-bond donors (Lipinski definition) is 0. The Balaban J connectivity index is 3.07. The van der Waals surface area contributed by atoms with Crippen molar-refractivity contribution in [2.45, 2.75) is 6.92 Å². The van der Waals surface area contributed by atoms with Crippen molar-refractivity contribution < 1.29 is 9.72 Å². The molecule has 0 atom stereocenters. The molecular formula is C11H13BrN2O3. The van der Waals surface area contributed by atoms with Crippen molar-refractivity contribution in [3.8, 4) is 0 Å². The number of nitro groups is 1. The van der Waals surface area contributed by atoms with Crippen LogP contribution in [0.2, 0.25) is 0 Å². The predicted octanol–water partition coefficient (Wildman–Crippen LogP) is 2.37. The minimum absolute atomic E-state index is 0.0637. The van der Waals surface area contributed by atoms with E-state index in [-0.39, 0.29) is 11.6 Å². The van der Waals surface area contributed by atoms with E-state index in [1.807, 2.05) is 0 Å². The van der Waals surface area contributed by atoms with Crippen molar-refractivity contribution >= 4 is 27.5 Å². The van der Waals surface area contributed by atoms with Crippen molar-refractivity contribution in [3.05, 3.63) is 39.4 Å². The Bertz CT molecular complexity index is 448. The second-order valence-corrected chi connectivity index (χ2v) is 4.47. The fraction of sp³-hybridized carbons (Fsp3) is 0.364. The molecule has 92 valence electrons. The number of halogens is 1. The molecule has 0 aliphatic heterocycles. The maximum atomic E-state index is 12.0. The van der Waals surface area contributed by atoms with Gasteiger partial charge in [0, 0.05) is 36.6 Å². The van der Waals surface area contributed by atoms with E-state index < -0.39 is 4.92 Å². The number of carbonyl (C=O) groups excluding carboxylic acids is 1. The van der Waals surface area contributed by atoms with Crippen LogP contribution in [0.5, 0.6) is 0 Å². The summed E-state index contributed by atoms with van der Waals surface area (Å²) in [6.45, 7) is 2.32. The maximum absolute atomic E-state index is 12.0. The molecule has 1 aromatic rings. The molecule has 6 heteroatoms. The SMILES string of the molecule is Cc1ccc([N+](=O)[O-])cc1C(=O)N(C)CCBr. The van der Waals surface area contributed by atoms with E-state index in [1.165, 1.54) is 17.0 Å². The number of benzene rings is 1. The van der Waals surface area contributed by atoms with Crippen molar-refractivity contribution in [2.75, 3.05) is 18.9 Å². The van der Waals surface area contributed by atoms with Crippen LogP contribution >= 0.6 is 15.9 Å². The first-order valence-electron chi connectivity index (χ1n) is 5.04. The van der Waals surface area contributed by atoms with E-state index in [4.69, 9.17) is 0 Å². The Morgan fingerprint density at radius 3 is 2.71 bits per heavy atom. The predicted molar refractivity (Wildman–Crippen MR) is 68.6 cm³/mol. The van der Waals surface area contributed by atoms with Gasteiger partial charge in [0.05, 0.1) is 4.92 Å². The number of aryl methyl sites for hydroxylation is 1. The van der Waals surface area contributed by atoms with Gasteiger partial charge in [0.1, 0.15) is 0 Å². The molecule has 0 radical (unpaired) electrons. The summed E-state index contributed by atoms with van der Waals surface area (Å²) in [6.07, 6.45) is 0. The Hall–Kier alpha value is -1.43. The Kier molecular flexibility index (Phi) is 4.62. The normalized spacial score (nSPS) is 10.1. The van der Waals surface area contributed by atoms with Gasteiger partial charge in [-0.1, -0.05) is 22.0 Å². The zero-order valence-electron chi connectivity index (χ0n) is 9.64. The molecule has 0 spiro atoms. The van der Waals surface area contributed by atoms with Crippen molar-refractivity contribution in [3.63, 3.8) is 0 Å². The molecule has 0 aromatic heterocycles. The summed E-state index contributed by atoms with van der Waals surface area (Å²) in [5, 5.41) is 11.3. The fourth-order valence-electron chi connectivity index (χ4n) is 1.39. The molecule has 0 aliphatic carbocycles. The number of non-ortho nitro benzene ring substituents is 1. The molecular weight excluding hydrogens is 288 g/mol. The Labute approximate surface area is 108 Å². The first-order valence-corrected chi connectivity index (χ1v) is 6.16. The molecule has 0 heterocycles. The average molecular weight is 301 g/mol. The largest absolute Gasteiger partial charge is 0.341 e. The van der Waals surface area contributed by atoms with Crippen LogP contribution in [0.3, 0.4) is 0 Å². The second kappa shape index (κ2) is 5.77. The Morgan fingerprint density at radius 2 is 2.18 bits per heavy atom. The lowest BCUT2D eigenvalue weighted by Gasteiger charge is -2.16. The molecule has 0 fully saturated rings. The molecule has 0 bridgehead atoms. The fourth-order valence-corrected chi connectivity index (χ4v) is 1.92. The van der Waals surface area contributed by atoms with Crippen LogP contribution in [0.25, 0.3) is 0 Å². The summed E-state index contributed by atoms with van der Waals surface area (Å²) in [5.74, 6) is -0.203. The number of carbonyl (C=O) groups is 1. The topological polar surface area (TPSA) is 63.5 Å². The van der Waals surface area contributed by atoms with Gasteiger partial charge in [-0.25, -0.2) is 0 Å². The van der Waals surface area contributed by atoms with Crippen LogP contribution in [0.15, 0.2) is 18.2 Å². The summed E-state index contributed by atoms with van der Waals surface area (Å²) >= 11 is 3.24. The summed E-state index contributed by atoms with van der Waals surface area (Å²) in [5.41, 5.74) is 1.05. The number of amides is 1. The Morgan fingerprint density at radius 1 is 1.53 bits per heavy atom. The van der Waals surface area contributed by atoms with Crippen LogP contribution < -0.4 is 0 Å². The number of nitrogens with zero attached hydrogens (tertiary/aromatic N) is 2. The summed E-state index contributed by atoms with van der Waals surface area (Å²) in [6, 6.07) is 4.31. The van der Waals surface area contributed by atoms with Crippen LogP contribution in [-0.4, -0.2) is 34.7 Å². The van der Waals surface area contributed by atoms with Gasteiger partial charge < -0.3 is 4.90 Å². The van der Waals surface area contributed by atoms with Crippen LogP contribution in [0, 0.1) is 17.0 Å². The highest BCUT2D eigenvalue weighted by Crippen LogP contribution is 2.18. The summed E-state index contributed by atoms with van der Waals surface area (Å²) < 4.78 is 0. The van der Waals surface area contributed by atoms with Gasteiger partial charge in [-0.05, 0) is 12.5 Å². The average Bonchev–Trinajstić information content (AvgIpc) is 2.28. The molecule has 0 saturated heterocycles. The highest BCUT2D eigenvalue weighted by atomic mass is 79.9. The smallest absolute Gasteiger partial charge is 0.270 e. The molecule has 0 saturated carbocycles. The molecule has 17 heavy (non-hydrogen) atoms. The number of hydrogen-bond acceptors (Lipinski definition) is 3. The quantitative estimate of drug-likeness (QED) is 0.487. The van der Waals surface area contributed by atoms with E-state index in [0.717, 1.165) is 5.56 Å². The standard InChI is InChI=1S/C11H13BrN2O3/c1-8-3-4-9(14(16)17)7-10(8)11(15)13(2)6-5-12/h3-4,7H,5-6H2,1-2H3. The third-order valence-electron chi connectivity index (χ3n) is 2.43. The van der Waals surface area contributed by atoms with Crippen LogP contribution in [0.4, 0.5) is 5.69 Å². The van der Waals surface area contributed by atoms with Crippen LogP contribution in [-0.2, 0) is 0 Å². The monoisotopic (exact) mass is 300 g/mol. The highest BCUT2D eigenvalue weighted by molar-refractivity contribution is 9.09.